The highest BCUT2D eigenvalue weighted by molar-refractivity contribution is 5.94. The average molecular weight is 226 g/mol. The van der Waals surface area contributed by atoms with Crippen LogP contribution in [0, 0.1) is 0 Å². The zero-order valence-electron chi connectivity index (χ0n) is 8.14. The van der Waals surface area contributed by atoms with Crippen LogP contribution in [0.2, 0.25) is 0 Å². The Morgan fingerprint density at radius 1 is 1.44 bits per heavy atom. The van der Waals surface area contributed by atoms with Gasteiger partial charge in [0.2, 0.25) is 5.56 Å². The predicted molar refractivity (Wildman–Crippen MR) is 53.0 cm³/mol. The minimum atomic E-state index is -1.65. The van der Waals surface area contributed by atoms with Gasteiger partial charge in [-0.25, -0.2) is 4.79 Å². The number of rotatable bonds is 4. The van der Waals surface area contributed by atoms with E-state index in [0.717, 1.165) is 0 Å². The molecule has 0 fully saturated rings. The zero-order valence-corrected chi connectivity index (χ0v) is 8.14. The van der Waals surface area contributed by atoms with Gasteiger partial charge in [0.25, 0.3) is 5.91 Å². The molecule has 0 saturated carbocycles. The summed E-state index contributed by atoms with van der Waals surface area (Å²) in [5.41, 5.74) is -0.167. The van der Waals surface area contributed by atoms with Crippen LogP contribution in [0.5, 0.6) is 0 Å². The predicted octanol–water partition coefficient (Wildman–Crippen LogP) is -1.45. The van der Waals surface area contributed by atoms with Gasteiger partial charge in [0.05, 0.1) is 12.1 Å². The van der Waals surface area contributed by atoms with Crippen LogP contribution in [0.15, 0.2) is 23.1 Å². The fourth-order valence-corrected chi connectivity index (χ4v) is 0.931. The molecule has 0 aliphatic heterocycles. The highest BCUT2D eigenvalue weighted by Crippen LogP contribution is 1.92. The summed E-state index contributed by atoms with van der Waals surface area (Å²) in [5, 5.41) is 19.5. The largest absolute Gasteiger partial charge is 0.479 e. The molecule has 86 valence electrons. The van der Waals surface area contributed by atoms with E-state index in [1.807, 2.05) is 0 Å². The van der Waals surface area contributed by atoms with Gasteiger partial charge in [0.15, 0.2) is 6.10 Å². The molecule has 1 aromatic heterocycles. The minimum Gasteiger partial charge on any atom is -0.479 e. The van der Waals surface area contributed by atoms with Crippen molar-refractivity contribution >= 4 is 11.9 Å². The van der Waals surface area contributed by atoms with Gasteiger partial charge >= 0.3 is 5.97 Å². The lowest BCUT2D eigenvalue weighted by Crippen LogP contribution is -2.36. The number of carboxylic acid groups (broad SMARTS) is 1. The van der Waals surface area contributed by atoms with E-state index < -0.39 is 24.5 Å². The van der Waals surface area contributed by atoms with E-state index in [2.05, 4.69) is 10.3 Å². The number of aliphatic hydroxyl groups is 1. The number of carboxylic acids is 1. The monoisotopic (exact) mass is 226 g/mol. The summed E-state index contributed by atoms with van der Waals surface area (Å²) in [7, 11) is 0. The highest BCUT2D eigenvalue weighted by atomic mass is 16.4. The molecule has 0 saturated heterocycles. The number of hydrogen-bond acceptors (Lipinski definition) is 4. The molecule has 0 aliphatic carbocycles. The second-order valence-corrected chi connectivity index (χ2v) is 3.01. The Labute approximate surface area is 89.7 Å². The molecular weight excluding hydrogens is 216 g/mol. The van der Waals surface area contributed by atoms with Gasteiger partial charge in [-0.1, -0.05) is 0 Å². The first-order valence-corrected chi connectivity index (χ1v) is 4.38. The van der Waals surface area contributed by atoms with Crippen LogP contribution in [-0.4, -0.2) is 39.7 Å². The van der Waals surface area contributed by atoms with Crippen molar-refractivity contribution in [3.63, 3.8) is 0 Å². The zero-order chi connectivity index (χ0) is 12.1. The number of aliphatic carboxylic acids is 1. The van der Waals surface area contributed by atoms with Crippen LogP contribution in [-0.2, 0) is 4.79 Å². The lowest BCUT2D eigenvalue weighted by molar-refractivity contribution is -0.146. The molecule has 0 aromatic carbocycles. The Hall–Kier alpha value is -2.15. The summed E-state index contributed by atoms with van der Waals surface area (Å²) in [6.45, 7) is -0.396. The highest BCUT2D eigenvalue weighted by Gasteiger charge is 2.14. The Morgan fingerprint density at radius 3 is 2.62 bits per heavy atom. The maximum Gasteiger partial charge on any atom is 0.334 e. The van der Waals surface area contributed by atoms with E-state index >= 15 is 0 Å². The first kappa shape index (κ1) is 11.9. The van der Waals surface area contributed by atoms with E-state index in [1.165, 1.54) is 18.3 Å². The Bertz CT molecular complexity index is 433. The van der Waals surface area contributed by atoms with Gasteiger partial charge in [0, 0.05) is 12.3 Å². The van der Waals surface area contributed by atoms with Crippen molar-refractivity contribution in [2.24, 2.45) is 0 Å². The lowest BCUT2D eigenvalue weighted by Gasteiger charge is -2.07. The number of carbonyl (C=O) groups is 2. The fraction of sp³-hybridized carbons (Fsp3) is 0.222. The molecule has 1 amide bonds. The summed E-state index contributed by atoms with van der Waals surface area (Å²) < 4.78 is 0. The molecule has 1 aromatic rings. The van der Waals surface area contributed by atoms with E-state index in [-0.39, 0.29) is 11.1 Å². The van der Waals surface area contributed by atoms with Crippen LogP contribution in [0.1, 0.15) is 10.4 Å². The van der Waals surface area contributed by atoms with E-state index in [4.69, 9.17) is 10.2 Å². The average Bonchev–Trinajstić information content (AvgIpc) is 2.26. The molecule has 7 nitrogen and oxygen atoms in total. The van der Waals surface area contributed by atoms with Crippen molar-refractivity contribution in [3.8, 4) is 0 Å². The smallest absolute Gasteiger partial charge is 0.334 e. The first-order chi connectivity index (χ1) is 7.50. The standard InChI is InChI=1S/C9H10N2O5/c12-6(9(15)16)4-11-8(14)5-1-2-7(13)10-3-5/h1-3,6,12H,4H2,(H,10,13)(H,11,14)(H,15,16)/t6-/m0/s1. The number of H-pyrrole nitrogens is 1. The molecule has 0 aliphatic rings. The number of aromatic amines is 1. The maximum absolute atomic E-state index is 11.3. The quantitative estimate of drug-likeness (QED) is 0.500. The molecule has 7 heteroatoms. The summed E-state index contributed by atoms with van der Waals surface area (Å²) in [6, 6.07) is 2.46. The van der Waals surface area contributed by atoms with Gasteiger partial charge in [0.1, 0.15) is 0 Å². The molecule has 16 heavy (non-hydrogen) atoms. The topological polar surface area (TPSA) is 119 Å². The minimum absolute atomic E-state index is 0.178. The Balaban J connectivity index is 2.56. The third-order valence-corrected chi connectivity index (χ3v) is 1.79. The number of amides is 1. The first-order valence-electron chi connectivity index (χ1n) is 4.38. The summed E-state index contributed by atoms with van der Waals surface area (Å²) in [4.78, 5) is 34.6. The molecule has 0 unspecified atom stereocenters. The third-order valence-electron chi connectivity index (χ3n) is 1.79. The summed E-state index contributed by atoms with van der Waals surface area (Å²) in [6.07, 6.45) is -0.447. The Kier molecular flexibility index (Phi) is 3.78. The fourth-order valence-electron chi connectivity index (χ4n) is 0.931. The van der Waals surface area contributed by atoms with Gasteiger partial charge in [-0.15, -0.1) is 0 Å². The molecule has 1 rings (SSSR count). The number of aliphatic hydroxyl groups excluding tert-OH is 1. The SMILES string of the molecule is O=C(NC[C@H](O)C(=O)O)c1ccc(=O)[nH]c1. The molecule has 0 radical (unpaired) electrons. The normalized spacial score (nSPS) is 11.8. The lowest BCUT2D eigenvalue weighted by atomic mass is 10.2. The van der Waals surface area contributed by atoms with Crippen LogP contribution < -0.4 is 10.9 Å². The molecule has 1 atom stereocenters. The van der Waals surface area contributed by atoms with E-state index in [9.17, 15) is 14.4 Å². The second kappa shape index (κ2) is 5.08. The summed E-state index contributed by atoms with van der Waals surface area (Å²) in [5.74, 6) is -1.99. The van der Waals surface area contributed by atoms with Crippen LogP contribution in [0.3, 0.4) is 0 Å². The molecule has 0 bridgehead atoms. The van der Waals surface area contributed by atoms with Gasteiger partial charge in [-0.3, -0.25) is 9.59 Å². The van der Waals surface area contributed by atoms with Gasteiger partial charge in [-0.05, 0) is 6.07 Å². The van der Waals surface area contributed by atoms with Crippen molar-refractivity contribution in [2.75, 3.05) is 6.54 Å². The number of nitrogens with one attached hydrogen (secondary N) is 2. The number of aromatic nitrogens is 1. The van der Waals surface area contributed by atoms with Gasteiger partial charge < -0.3 is 20.5 Å². The molecule has 1 heterocycles. The van der Waals surface area contributed by atoms with Crippen LogP contribution in [0.25, 0.3) is 0 Å². The number of pyridine rings is 1. The van der Waals surface area contributed by atoms with Crippen LogP contribution >= 0.6 is 0 Å². The molecular formula is C9H10N2O5. The van der Waals surface area contributed by atoms with Gasteiger partial charge in [-0.2, -0.15) is 0 Å². The van der Waals surface area contributed by atoms with Crippen molar-refractivity contribution < 1.29 is 19.8 Å². The van der Waals surface area contributed by atoms with Crippen molar-refractivity contribution in [2.45, 2.75) is 6.10 Å². The van der Waals surface area contributed by atoms with Crippen LogP contribution in [0.4, 0.5) is 0 Å². The number of hydrogen-bond donors (Lipinski definition) is 4. The second-order valence-electron chi connectivity index (χ2n) is 3.01. The van der Waals surface area contributed by atoms with E-state index in [0.29, 0.717) is 0 Å². The summed E-state index contributed by atoms with van der Waals surface area (Å²) >= 11 is 0. The Morgan fingerprint density at radius 2 is 2.12 bits per heavy atom. The van der Waals surface area contributed by atoms with E-state index in [1.54, 1.807) is 0 Å². The maximum atomic E-state index is 11.3. The third kappa shape index (κ3) is 3.21. The molecule has 0 spiro atoms. The van der Waals surface area contributed by atoms with Crippen molar-refractivity contribution in [3.05, 3.63) is 34.2 Å². The van der Waals surface area contributed by atoms with Crippen molar-refractivity contribution in [1.82, 2.24) is 10.3 Å². The molecule has 4 N–H and O–H groups in total. The van der Waals surface area contributed by atoms with Crippen molar-refractivity contribution in [1.29, 1.82) is 0 Å². The number of carbonyl (C=O) groups excluding carboxylic acids is 1.